The number of ether oxygens (including phenoxy) is 1. The molecule has 7 heteroatoms. The van der Waals surface area contributed by atoms with Crippen LogP contribution in [0.2, 0.25) is 0 Å². The van der Waals surface area contributed by atoms with E-state index in [1.807, 2.05) is 43.3 Å². The highest BCUT2D eigenvalue weighted by Crippen LogP contribution is 2.48. The lowest BCUT2D eigenvalue weighted by atomic mass is 9.82. The van der Waals surface area contributed by atoms with E-state index in [0.29, 0.717) is 13.2 Å². The van der Waals surface area contributed by atoms with Crippen LogP contribution < -0.4 is 10.2 Å². The van der Waals surface area contributed by atoms with Gasteiger partial charge in [0.25, 0.3) is 0 Å². The van der Waals surface area contributed by atoms with Crippen molar-refractivity contribution in [2.75, 3.05) is 18.1 Å². The molecule has 5 atom stereocenters. The number of fused-ring (bicyclic) bond motifs is 2. The van der Waals surface area contributed by atoms with Gasteiger partial charge in [-0.25, -0.2) is 4.79 Å². The van der Waals surface area contributed by atoms with Crippen LogP contribution in [0.15, 0.2) is 36.4 Å². The Morgan fingerprint density at radius 3 is 2.44 bits per heavy atom. The third kappa shape index (κ3) is 3.07. The van der Waals surface area contributed by atoms with Crippen LogP contribution in [0.5, 0.6) is 0 Å². The van der Waals surface area contributed by atoms with Crippen LogP contribution >= 0.6 is 0 Å². The van der Waals surface area contributed by atoms with Crippen molar-refractivity contribution in [3.63, 3.8) is 0 Å². The fourth-order valence-corrected chi connectivity index (χ4v) is 4.48. The number of carbonyl (C=O) groups excluding carboxylic acids is 2. The second-order valence-corrected chi connectivity index (χ2v) is 7.43. The minimum absolute atomic E-state index is 0.00635. The summed E-state index contributed by atoms with van der Waals surface area (Å²) in [4.78, 5) is 37.6. The van der Waals surface area contributed by atoms with Crippen molar-refractivity contribution in [2.24, 2.45) is 23.7 Å². The summed E-state index contributed by atoms with van der Waals surface area (Å²) in [6.45, 7) is 2.78. The van der Waals surface area contributed by atoms with Crippen LogP contribution in [0.1, 0.15) is 24.9 Å². The molecule has 2 amide bonds. The number of hydrogen-bond donors (Lipinski definition) is 2. The van der Waals surface area contributed by atoms with Crippen molar-refractivity contribution in [1.82, 2.24) is 5.32 Å². The number of benzene rings is 1. The van der Waals surface area contributed by atoms with Crippen LogP contribution in [0.4, 0.5) is 10.5 Å². The van der Waals surface area contributed by atoms with Crippen molar-refractivity contribution in [3.8, 4) is 0 Å². The zero-order chi connectivity index (χ0) is 19.1. The molecule has 7 nitrogen and oxygen atoms in total. The molecule has 1 saturated carbocycles. The van der Waals surface area contributed by atoms with Gasteiger partial charge in [0.2, 0.25) is 5.91 Å². The molecule has 2 N–H and O–H groups in total. The summed E-state index contributed by atoms with van der Waals surface area (Å²) in [5.41, 5.74) is 1.65. The smallest absolute Gasteiger partial charge is 0.414 e. The van der Waals surface area contributed by atoms with E-state index in [-0.39, 0.29) is 29.9 Å². The SMILES string of the molecule is C[C@H](NC(=O)[C@H]1[C@H](C(=O)O)[C@H]2C=C[C@H]1C2)c1ccc(N2CCOC2=O)cc1. The molecule has 2 bridgehead atoms. The lowest BCUT2D eigenvalue weighted by Gasteiger charge is -2.26. The molecule has 1 aromatic rings. The Labute approximate surface area is 157 Å². The van der Waals surface area contributed by atoms with Gasteiger partial charge in [-0.3, -0.25) is 14.5 Å². The van der Waals surface area contributed by atoms with Crippen LogP contribution in [-0.4, -0.2) is 36.2 Å². The molecule has 0 spiro atoms. The molecule has 142 valence electrons. The highest BCUT2D eigenvalue weighted by molar-refractivity contribution is 5.89. The first-order valence-electron chi connectivity index (χ1n) is 9.21. The highest BCUT2D eigenvalue weighted by atomic mass is 16.6. The topological polar surface area (TPSA) is 95.9 Å². The largest absolute Gasteiger partial charge is 0.481 e. The molecule has 1 aromatic carbocycles. The van der Waals surface area contributed by atoms with Gasteiger partial charge < -0.3 is 15.2 Å². The Morgan fingerprint density at radius 2 is 1.85 bits per heavy atom. The predicted octanol–water partition coefficient (Wildman–Crippen LogP) is 2.34. The van der Waals surface area contributed by atoms with Gasteiger partial charge >= 0.3 is 12.1 Å². The van der Waals surface area contributed by atoms with E-state index in [1.165, 1.54) is 0 Å². The van der Waals surface area contributed by atoms with Gasteiger partial charge in [-0.15, -0.1) is 0 Å². The Balaban J connectivity index is 1.43. The number of nitrogens with zero attached hydrogens (tertiary/aromatic N) is 1. The molecule has 1 heterocycles. The summed E-state index contributed by atoms with van der Waals surface area (Å²) in [6, 6.07) is 7.12. The summed E-state index contributed by atoms with van der Waals surface area (Å²) < 4.78 is 4.94. The molecule has 2 aliphatic carbocycles. The molecule has 0 aromatic heterocycles. The maximum absolute atomic E-state index is 12.8. The predicted molar refractivity (Wildman–Crippen MR) is 97.0 cm³/mol. The second kappa shape index (κ2) is 6.72. The number of carboxylic acid groups (broad SMARTS) is 1. The molecule has 27 heavy (non-hydrogen) atoms. The van der Waals surface area contributed by atoms with E-state index in [4.69, 9.17) is 4.74 Å². The van der Waals surface area contributed by atoms with Crippen molar-refractivity contribution in [1.29, 1.82) is 0 Å². The van der Waals surface area contributed by atoms with Crippen LogP contribution in [0.25, 0.3) is 0 Å². The van der Waals surface area contributed by atoms with E-state index in [9.17, 15) is 19.5 Å². The third-order valence-corrected chi connectivity index (χ3v) is 5.87. The van der Waals surface area contributed by atoms with Crippen molar-refractivity contribution in [2.45, 2.75) is 19.4 Å². The second-order valence-electron chi connectivity index (χ2n) is 7.43. The molecular weight excluding hydrogens is 348 g/mol. The summed E-state index contributed by atoms with van der Waals surface area (Å²) in [5, 5.41) is 12.5. The van der Waals surface area contributed by atoms with E-state index < -0.39 is 17.8 Å². The minimum atomic E-state index is -0.901. The number of amides is 2. The van der Waals surface area contributed by atoms with Gasteiger partial charge in [0, 0.05) is 5.69 Å². The van der Waals surface area contributed by atoms with Gasteiger partial charge in [0.05, 0.1) is 24.4 Å². The molecule has 1 saturated heterocycles. The molecule has 2 fully saturated rings. The maximum Gasteiger partial charge on any atom is 0.414 e. The number of carboxylic acids is 1. The number of hydrogen-bond acceptors (Lipinski definition) is 4. The Morgan fingerprint density at radius 1 is 1.19 bits per heavy atom. The van der Waals surface area contributed by atoms with Crippen LogP contribution in [-0.2, 0) is 14.3 Å². The van der Waals surface area contributed by atoms with Gasteiger partial charge in [0.1, 0.15) is 6.61 Å². The number of allylic oxidation sites excluding steroid dienone is 2. The lowest BCUT2D eigenvalue weighted by Crippen LogP contribution is -2.41. The van der Waals surface area contributed by atoms with Gasteiger partial charge in [-0.05, 0) is 42.9 Å². The van der Waals surface area contributed by atoms with E-state index in [0.717, 1.165) is 17.7 Å². The van der Waals surface area contributed by atoms with E-state index >= 15 is 0 Å². The fraction of sp³-hybridized carbons (Fsp3) is 0.450. The monoisotopic (exact) mass is 370 g/mol. The van der Waals surface area contributed by atoms with Gasteiger partial charge in [0.15, 0.2) is 0 Å². The minimum Gasteiger partial charge on any atom is -0.481 e. The van der Waals surface area contributed by atoms with Crippen molar-refractivity contribution in [3.05, 3.63) is 42.0 Å². The first-order chi connectivity index (χ1) is 13.0. The fourth-order valence-electron chi connectivity index (χ4n) is 4.48. The first-order valence-corrected chi connectivity index (χ1v) is 9.21. The normalized spacial score (nSPS) is 29.7. The summed E-state index contributed by atoms with van der Waals surface area (Å²) in [7, 11) is 0. The van der Waals surface area contributed by atoms with Crippen LogP contribution in [0, 0.1) is 23.7 Å². The molecule has 0 unspecified atom stereocenters. The lowest BCUT2D eigenvalue weighted by molar-refractivity contribution is -0.148. The summed E-state index contributed by atoms with van der Waals surface area (Å²) in [6.07, 6.45) is 4.29. The number of rotatable bonds is 5. The quantitative estimate of drug-likeness (QED) is 0.776. The molecule has 4 rings (SSSR count). The number of carbonyl (C=O) groups is 3. The summed E-state index contributed by atoms with van der Waals surface area (Å²) in [5.74, 6) is -2.31. The van der Waals surface area contributed by atoms with Crippen LogP contribution in [0.3, 0.4) is 0 Å². The molecular formula is C20H22N2O5. The Hall–Kier alpha value is -2.83. The molecule has 3 aliphatic rings. The number of cyclic esters (lactones) is 1. The average molecular weight is 370 g/mol. The zero-order valence-electron chi connectivity index (χ0n) is 15.0. The first kappa shape index (κ1) is 17.6. The Kier molecular flexibility index (Phi) is 4.37. The van der Waals surface area contributed by atoms with Crippen molar-refractivity contribution < 1.29 is 24.2 Å². The number of anilines is 1. The zero-order valence-corrected chi connectivity index (χ0v) is 15.0. The number of nitrogens with one attached hydrogen (secondary N) is 1. The Bertz CT molecular complexity index is 803. The third-order valence-electron chi connectivity index (χ3n) is 5.87. The van der Waals surface area contributed by atoms with Gasteiger partial charge in [-0.1, -0.05) is 24.3 Å². The van der Waals surface area contributed by atoms with Gasteiger partial charge in [-0.2, -0.15) is 0 Å². The van der Waals surface area contributed by atoms with E-state index in [2.05, 4.69) is 5.32 Å². The summed E-state index contributed by atoms with van der Waals surface area (Å²) >= 11 is 0. The maximum atomic E-state index is 12.8. The van der Waals surface area contributed by atoms with Crippen molar-refractivity contribution >= 4 is 23.7 Å². The molecule has 0 radical (unpaired) electrons. The number of aliphatic carboxylic acids is 1. The highest BCUT2D eigenvalue weighted by Gasteiger charge is 2.51. The standard InChI is InChI=1S/C20H22N2O5/c1-11(12-4-6-15(7-5-12)22-8-9-27-20(22)26)21-18(23)16-13-2-3-14(10-13)17(16)19(24)25/h2-7,11,13-14,16-17H,8-10H2,1H3,(H,21,23)(H,24,25)/t11-,13-,14-,16+,17+/m0/s1. The molecule has 1 aliphatic heterocycles. The average Bonchev–Trinajstić information content (AvgIpc) is 3.37. The van der Waals surface area contributed by atoms with E-state index in [1.54, 1.807) is 4.90 Å².